The van der Waals surface area contributed by atoms with Crippen LogP contribution in [0.1, 0.15) is 39.0 Å². The zero-order chi connectivity index (χ0) is 10.2. The average Bonchev–Trinajstić information content (AvgIpc) is 2.65. The van der Waals surface area contributed by atoms with Gasteiger partial charge in [0.2, 0.25) is 0 Å². The van der Waals surface area contributed by atoms with Crippen LogP contribution in [0.3, 0.4) is 0 Å². The summed E-state index contributed by atoms with van der Waals surface area (Å²) < 4.78 is 5.69. The van der Waals surface area contributed by atoms with E-state index in [1.807, 2.05) is 6.92 Å². The first kappa shape index (κ1) is 11.5. The highest BCUT2D eigenvalue weighted by Gasteiger charge is 2.14. The van der Waals surface area contributed by atoms with Gasteiger partial charge in [0, 0.05) is 12.6 Å². The molecule has 1 saturated carbocycles. The van der Waals surface area contributed by atoms with Crippen LogP contribution < -0.4 is 5.32 Å². The van der Waals surface area contributed by atoms with Gasteiger partial charge in [0.05, 0.1) is 25.2 Å². The lowest BCUT2D eigenvalue weighted by Gasteiger charge is -2.13. The third-order valence-electron chi connectivity index (χ3n) is 2.65. The topological polar surface area (TPSA) is 45.0 Å². The van der Waals surface area contributed by atoms with E-state index >= 15 is 0 Å². The molecule has 0 aromatic rings. The van der Waals surface area contributed by atoms with Gasteiger partial charge in [-0.05, 0) is 19.8 Å². The van der Waals surface area contributed by atoms with E-state index in [1.165, 1.54) is 25.7 Å². The fourth-order valence-electron chi connectivity index (χ4n) is 1.80. The number of nitriles is 1. The lowest BCUT2D eigenvalue weighted by atomic mass is 10.2. The molecule has 0 heterocycles. The second kappa shape index (κ2) is 6.80. The molecule has 0 amide bonds. The van der Waals surface area contributed by atoms with Crippen LogP contribution in [-0.2, 0) is 4.74 Å². The van der Waals surface area contributed by atoms with E-state index in [2.05, 4.69) is 11.4 Å². The quantitative estimate of drug-likeness (QED) is 0.659. The maximum atomic E-state index is 8.44. The molecule has 1 aliphatic carbocycles. The Bertz CT molecular complexity index is 182. The zero-order valence-electron chi connectivity index (χ0n) is 8.96. The molecule has 0 aliphatic heterocycles. The van der Waals surface area contributed by atoms with Crippen molar-refractivity contribution in [1.29, 1.82) is 5.26 Å². The van der Waals surface area contributed by atoms with Crippen molar-refractivity contribution in [2.24, 2.45) is 0 Å². The number of hydrogen-bond donors (Lipinski definition) is 1. The van der Waals surface area contributed by atoms with Crippen LogP contribution in [0.5, 0.6) is 0 Å². The lowest BCUT2D eigenvalue weighted by Crippen LogP contribution is -2.30. The minimum Gasteiger partial charge on any atom is -0.377 e. The van der Waals surface area contributed by atoms with E-state index in [0.717, 1.165) is 13.2 Å². The molecule has 1 N–H and O–H groups in total. The van der Waals surface area contributed by atoms with Gasteiger partial charge in [0.25, 0.3) is 0 Å². The standard InChI is InChI=1S/C11H20N2O/c1-10(6-7-12)13-8-9-14-11-4-2-3-5-11/h10-11,13H,2-6,8-9H2,1H3. The van der Waals surface area contributed by atoms with E-state index < -0.39 is 0 Å². The van der Waals surface area contributed by atoms with Crippen molar-refractivity contribution in [3.05, 3.63) is 0 Å². The second-order valence-electron chi connectivity index (χ2n) is 3.99. The summed E-state index contributed by atoms with van der Waals surface area (Å²) in [6, 6.07) is 2.43. The van der Waals surface area contributed by atoms with Crippen molar-refractivity contribution in [2.45, 2.75) is 51.2 Å². The van der Waals surface area contributed by atoms with Crippen LogP contribution in [0, 0.1) is 11.3 Å². The second-order valence-corrected chi connectivity index (χ2v) is 3.99. The van der Waals surface area contributed by atoms with Gasteiger partial charge >= 0.3 is 0 Å². The van der Waals surface area contributed by atoms with Crippen molar-refractivity contribution in [2.75, 3.05) is 13.2 Å². The maximum Gasteiger partial charge on any atom is 0.0638 e. The fraction of sp³-hybridized carbons (Fsp3) is 0.909. The van der Waals surface area contributed by atoms with Gasteiger partial charge < -0.3 is 10.1 Å². The van der Waals surface area contributed by atoms with Crippen molar-refractivity contribution in [3.63, 3.8) is 0 Å². The van der Waals surface area contributed by atoms with E-state index in [1.54, 1.807) is 0 Å². The summed E-state index contributed by atoms with van der Waals surface area (Å²) >= 11 is 0. The Kier molecular flexibility index (Phi) is 5.58. The highest BCUT2D eigenvalue weighted by molar-refractivity contribution is 4.77. The van der Waals surface area contributed by atoms with Gasteiger partial charge in [0.15, 0.2) is 0 Å². The Morgan fingerprint density at radius 1 is 1.50 bits per heavy atom. The van der Waals surface area contributed by atoms with E-state index in [4.69, 9.17) is 10.00 Å². The van der Waals surface area contributed by atoms with Crippen molar-refractivity contribution >= 4 is 0 Å². The Morgan fingerprint density at radius 3 is 2.86 bits per heavy atom. The molecular formula is C11H20N2O. The molecule has 3 heteroatoms. The Balaban J connectivity index is 1.91. The van der Waals surface area contributed by atoms with Crippen LogP contribution in [-0.4, -0.2) is 25.3 Å². The van der Waals surface area contributed by atoms with Gasteiger partial charge in [-0.1, -0.05) is 12.8 Å². The summed E-state index contributed by atoms with van der Waals surface area (Å²) in [7, 11) is 0. The van der Waals surface area contributed by atoms with Crippen LogP contribution >= 0.6 is 0 Å². The number of hydrogen-bond acceptors (Lipinski definition) is 3. The third-order valence-corrected chi connectivity index (χ3v) is 2.65. The van der Waals surface area contributed by atoms with E-state index in [9.17, 15) is 0 Å². The molecule has 1 atom stereocenters. The minimum atomic E-state index is 0.284. The van der Waals surface area contributed by atoms with Gasteiger partial charge in [-0.2, -0.15) is 5.26 Å². The predicted molar refractivity (Wildman–Crippen MR) is 55.9 cm³/mol. The van der Waals surface area contributed by atoms with Crippen LogP contribution in [0.25, 0.3) is 0 Å². The average molecular weight is 196 g/mol. The summed E-state index contributed by atoms with van der Waals surface area (Å²) in [5, 5.41) is 11.7. The highest BCUT2D eigenvalue weighted by atomic mass is 16.5. The van der Waals surface area contributed by atoms with Crippen LogP contribution in [0.4, 0.5) is 0 Å². The normalized spacial score (nSPS) is 19.4. The van der Waals surface area contributed by atoms with Gasteiger partial charge in [-0.3, -0.25) is 0 Å². The van der Waals surface area contributed by atoms with E-state index in [0.29, 0.717) is 12.5 Å². The number of nitrogens with zero attached hydrogens (tertiary/aromatic N) is 1. The summed E-state index contributed by atoms with van der Waals surface area (Å²) in [4.78, 5) is 0. The molecule has 0 aromatic heterocycles. The molecule has 1 rings (SSSR count). The van der Waals surface area contributed by atoms with Crippen LogP contribution in [0.15, 0.2) is 0 Å². The summed E-state index contributed by atoms with van der Waals surface area (Å²) in [5.41, 5.74) is 0. The summed E-state index contributed by atoms with van der Waals surface area (Å²) in [6.07, 6.45) is 6.18. The predicted octanol–water partition coefficient (Wildman–Crippen LogP) is 1.84. The van der Waals surface area contributed by atoms with Crippen molar-refractivity contribution in [3.8, 4) is 6.07 Å². The third kappa shape index (κ3) is 4.59. The molecular weight excluding hydrogens is 176 g/mol. The molecule has 0 aromatic carbocycles. The Labute approximate surface area is 86.4 Å². The lowest BCUT2D eigenvalue weighted by molar-refractivity contribution is 0.0594. The number of ether oxygens (including phenoxy) is 1. The zero-order valence-corrected chi connectivity index (χ0v) is 8.96. The molecule has 80 valence electrons. The Hall–Kier alpha value is -0.590. The first-order valence-electron chi connectivity index (χ1n) is 5.55. The van der Waals surface area contributed by atoms with Crippen molar-refractivity contribution < 1.29 is 4.74 Å². The molecule has 3 nitrogen and oxygen atoms in total. The van der Waals surface area contributed by atoms with Crippen molar-refractivity contribution in [1.82, 2.24) is 5.32 Å². The molecule has 1 fully saturated rings. The number of rotatable bonds is 6. The number of nitrogens with one attached hydrogen (secondary N) is 1. The highest BCUT2D eigenvalue weighted by Crippen LogP contribution is 2.20. The van der Waals surface area contributed by atoms with Gasteiger partial charge in [-0.25, -0.2) is 0 Å². The Morgan fingerprint density at radius 2 is 2.21 bits per heavy atom. The molecule has 1 unspecified atom stereocenters. The minimum absolute atomic E-state index is 0.284. The first-order chi connectivity index (χ1) is 6.83. The summed E-state index contributed by atoms with van der Waals surface area (Å²) in [5.74, 6) is 0. The molecule has 1 aliphatic rings. The maximum absolute atomic E-state index is 8.44. The summed E-state index contributed by atoms with van der Waals surface area (Å²) in [6.45, 7) is 3.67. The molecule has 0 radical (unpaired) electrons. The molecule has 14 heavy (non-hydrogen) atoms. The molecule has 0 bridgehead atoms. The largest absolute Gasteiger partial charge is 0.377 e. The monoisotopic (exact) mass is 196 g/mol. The molecule has 0 saturated heterocycles. The SMILES string of the molecule is CC(CC#N)NCCOC1CCCC1. The van der Waals surface area contributed by atoms with E-state index in [-0.39, 0.29) is 6.04 Å². The smallest absolute Gasteiger partial charge is 0.0638 e. The van der Waals surface area contributed by atoms with Gasteiger partial charge in [-0.15, -0.1) is 0 Å². The molecule has 0 spiro atoms. The van der Waals surface area contributed by atoms with Crippen LogP contribution in [0.2, 0.25) is 0 Å². The fourth-order valence-corrected chi connectivity index (χ4v) is 1.80. The first-order valence-corrected chi connectivity index (χ1v) is 5.55. The van der Waals surface area contributed by atoms with Gasteiger partial charge in [0.1, 0.15) is 0 Å².